The molecule has 80 valence electrons. The molecule has 0 atom stereocenters. The molecule has 0 radical (unpaired) electrons. The fraction of sp³-hybridized carbons (Fsp3) is 0. The Morgan fingerprint density at radius 3 is 1.88 bits per heavy atom. The van der Waals surface area contributed by atoms with Crippen LogP contribution in [-0.2, 0) is 0 Å². The third-order valence-electron chi connectivity index (χ3n) is 1.75. The lowest BCUT2D eigenvalue weighted by Crippen LogP contribution is -2.46. The summed E-state index contributed by atoms with van der Waals surface area (Å²) in [5.41, 5.74) is 0. The van der Waals surface area contributed by atoms with Crippen molar-refractivity contribution in [2.75, 3.05) is 0 Å². The molecule has 0 saturated carbocycles. The largest absolute Gasteiger partial charge is 0.245 e. The first-order chi connectivity index (χ1) is 7.63. The van der Waals surface area contributed by atoms with Gasteiger partial charge in [-0.25, -0.2) is 4.90 Å². The van der Waals surface area contributed by atoms with Crippen LogP contribution in [0.3, 0.4) is 0 Å². The Labute approximate surface area is 107 Å². The SMILES string of the molecule is ClC1=NC2=NC(Cl)=NC3=NC(Br)=NC(=N1)N23. The molecule has 10 heteroatoms. The van der Waals surface area contributed by atoms with Crippen LogP contribution in [0.2, 0.25) is 0 Å². The van der Waals surface area contributed by atoms with Crippen LogP contribution in [0.4, 0.5) is 0 Å². The minimum absolute atomic E-state index is 0.0293. The van der Waals surface area contributed by atoms with Gasteiger partial charge >= 0.3 is 0 Å². The maximum absolute atomic E-state index is 5.72. The highest BCUT2D eigenvalue weighted by Crippen LogP contribution is 2.19. The van der Waals surface area contributed by atoms with Gasteiger partial charge in [-0.2, -0.15) is 30.0 Å². The molecule has 7 nitrogen and oxygen atoms in total. The van der Waals surface area contributed by atoms with E-state index in [1.165, 1.54) is 4.90 Å². The molecule has 0 aromatic rings. The van der Waals surface area contributed by atoms with Crippen molar-refractivity contribution in [3.63, 3.8) is 0 Å². The minimum atomic E-state index is 0.0293. The molecule has 3 aliphatic rings. The standard InChI is InChI=1S/C6BrCl2N7/c7-1-10-4-12-2(8)14-6-15-3(9)13-5(11-1)16(4)6. The van der Waals surface area contributed by atoms with E-state index in [4.69, 9.17) is 23.2 Å². The summed E-state index contributed by atoms with van der Waals surface area (Å²) < 4.78 is 0.332. The van der Waals surface area contributed by atoms with E-state index in [0.29, 0.717) is 16.7 Å². The fourth-order valence-electron chi connectivity index (χ4n) is 1.21. The molecular formula is C6BrCl2N7. The van der Waals surface area contributed by atoms with Crippen molar-refractivity contribution in [2.45, 2.75) is 0 Å². The molecule has 0 unspecified atom stereocenters. The molecule has 0 fully saturated rings. The Bertz CT molecular complexity index is 489. The summed E-state index contributed by atoms with van der Waals surface area (Å²) in [6.07, 6.45) is 0. The summed E-state index contributed by atoms with van der Waals surface area (Å²) in [5, 5.41) is 0.0586. The summed E-state index contributed by atoms with van der Waals surface area (Å²) in [6, 6.07) is 0. The maximum Gasteiger partial charge on any atom is 0.245 e. The average molecular weight is 321 g/mol. The van der Waals surface area contributed by atoms with E-state index in [-0.39, 0.29) is 16.5 Å². The van der Waals surface area contributed by atoms with Crippen molar-refractivity contribution in [3.05, 3.63) is 0 Å². The van der Waals surface area contributed by atoms with Crippen molar-refractivity contribution < 1.29 is 0 Å². The highest BCUT2D eigenvalue weighted by atomic mass is 79.9. The third kappa shape index (κ3) is 1.49. The Morgan fingerprint density at radius 1 is 0.750 bits per heavy atom. The molecule has 0 spiro atoms. The Balaban J connectivity index is 2.24. The molecule has 0 amide bonds. The predicted octanol–water partition coefficient (Wildman–Crippen LogP) is 1.34. The summed E-state index contributed by atoms with van der Waals surface area (Å²) >= 11 is 14.6. The molecule has 0 aliphatic carbocycles. The third-order valence-corrected chi connectivity index (χ3v) is 2.45. The van der Waals surface area contributed by atoms with Crippen LogP contribution in [0.1, 0.15) is 0 Å². The van der Waals surface area contributed by atoms with Crippen LogP contribution in [0.25, 0.3) is 0 Å². The van der Waals surface area contributed by atoms with Gasteiger partial charge in [-0.1, -0.05) is 0 Å². The first-order valence-corrected chi connectivity index (χ1v) is 5.47. The Kier molecular flexibility index (Phi) is 2.16. The van der Waals surface area contributed by atoms with Gasteiger partial charge in [-0.3, -0.25) is 0 Å². The fourth-order valence-corrected chi connectivity index (χ4v) is 1.83. The van der Waals surface area contributed by atoms with Crippen molar-refractivity contribution in [3.8, 4) is 0 Å². The highest BCUT2D eigenvalue weighted by molar-refractivity contribution is 9.18. The van der Waals surface area contributed by atoms with E-state index < -0.39 is 0 Å². The number of guanidine groups is 3. The van der Waals surface area contributed by atoms with Gasteiger partial charge in [0.15, 0.2) is 0 Å². The molecule has 3 aliphatic heterocycles. The van der Waals surface area contributed by atoms with Gasteiger partial charge in [0, 0.05) is 0 Å². The average Bonchev–Trinajstić information content (AvgIpc) is 2.14. The minimum Gasteiger partial charge on any atom is -0.213 e. The molecule has 0 aromatic carbocycles. The quantitative estimate of drug-likeness (QED) is 0.620. The van der Waals surface area contributed by atoms with Gasteiger partial charge in [0.05, 0.1) is 0 Å². The van der Waals surface area contributed by atoms with Crippen molar-refractivity contribution in [1.29, 1.82) is 0 Å². The van der Waals surface area contributed by atoms with E-state index in [9.17, 15) is 0 Å². The van der Waals surface area contributed by atoms with Gasteiger partial charge < -0.3 is 0 Å². The summed E-state index contributed by atoms with van der Waals surface area (Å²) in [7, 11) is 0. The van der Waals surface area contributed by atoms with Crippen LogP contribution in [-0.4, -0.2) is 38.1 Å². The Hall–Kier alpha value is -1.12. The second kappa shape index (κ2) is 3.44. The van der Waals surface area contributed by atoms with Gasteiger partial charge in [0.25, 0.3) is 0 Å². The molecule has 16 heavy (non-hydrogen) atoms. The summed E-state index contributed by atoms with van der Waals surface area (Å²) in [4.78, 5) is 25.2. The van der Waals surface area contributed by atoms with Crippen LogP contribution in [0, 0.1) is 0 Å². The first kappa shape index (κ1) is 10.1. The number of aliphatic imine (C=N–C) groups is 6. The molecule has 3 heterocycles. The van der Waals surface area contributed by atoms with Crippen molar-refractivity contribution in [1.82, 2.24) is 4.90 Å². The lowest BCUT2D eigenvalue weighted by Gasteiger charge is -2.27. The van der Waals surface area contributed by atoms with E-state index >= 15 is 0 Å². The van der Waals surface area contributed by atoms with Crippen LogP contribution in [0.15, 0.2) is 30.0 Å². The van der Waals surface area contributed by atoms with E-state index in [1.807, 2.05) is 0 Å². The summed E-state index contributed by atoms with van der Waals surface area (Å²) in [5.74, 6) is 0.838. The van der Waals surface area contributed by atoms with Gasteiger partial charge in [0.2, 0.25) is 33.2 Å². The monoisotopic (exact) mass is 319 g/mol. The van der Waals surface area contributed by atoms with Crippen LogP contribution in [0.5, 0.6) is 0 Å². The molecule has 0 bridgehead atoms. The molecule has 0 N–H and O–H groups in total. The smallest absolute Gasteiger partial charge is 0.213 e. The number of amidine groups is 3. The van der Waals surface area contributed by atoms with E-state index in [0.717, 1.165) is 0 Å². The molecule has 0 saturated heterocycles. The first-order valence-electron chi connectivity index (χ1n) is 3.92. The van der Waals surface area contributed by atoms with E-state index in [1.54, 1.807) is 0 Å². The van der Waals surface area contributed by atoms with Crippen LogP contribution < -0.4 is 0 Å². The van der Waals surface area contributed by atoms with Gasteiger partial charge in [-0.15, -0.1) is 0 Å². The molecule has 0 aromatic heterocycles. The van der Waals surface area contributed by atoms with E-state index in [2.05, 4.69) is 45.9 Å². The van der Waals surface area contributed by atoms with Gasteiger partial charge in [-0.05, 0) is 39.1 Å². The lowest BCUT2D eigenvalue weighted by atomic mass is 10.5. The molecular weight excluding hydrogens is 321 g/mol. The zero-order valence-electron chi connectivity index (χ0n) is 7.26. The van der Waals surface area contributed by atoms with Crippen LogP contribution >= 0.6 is 39.1 Å². The lowest BCUT2D eigenvalue weighted by molar-refractivity contribution is 0.834. The number of nitrogens with zero attached hydrogens (tertiary/aromatic N) is 7. The number of hydrogen-bond donors (Lipinski definition) is 0. The second-order valence-electron chi connectivity index (χ2n) is 2.71. The highest BCUT2D eigenvalue weighted by Gasteiger charge is 2.33. The number of halogens is 3. The molecule has 3 rings (SSSR count). The predicted molar refractivity (Wildman–Crippen MR) is 67.1 cm³/mol. The normalized spacial score (nSPS) is 22.3. The summed E-state index contributed by atoms with van der Waals surface area (Å²) in [6.45, 7) is 0. The second-order valence-corrected chi connectivity index (χ2v) is 4.10. The van der Waals surface area contributed by atoms with Crippen molar-refractivity contribution >= 4 is 72.3 Å². The Morgan fingerprint density at radius 2 is 1.25 bits per heavy atom. The zero-order valence-corrected chi connectivity index (χ0v) is 10.4. The number of rotatable bonds is 0. The van der Waals surface area contributed by atoms with Crippen molar-refractivity contribution in [2.24, 2.45) is 30.0 Å². The zero-order chi connectivity index (χ0) is 11.3. The van der Waals surface area contributed by atoms with Gasteiger partial charge in [0.1, 0.15) is 0 Å². The topological polar surface area (TPSA) is 77.4 Å². The maximum atomic E-state index is 5.72. The number of hydrogen-bond acceptors (Lipinski definition) is 7.